The van der Waals surface area contributed by atoms with Gasteiger partial charge in [-0.3, -0.25) is 19.7 Å². The Morgan fingerprint density at radius 3 is 2.67 bits per heavy atom. The summed E-state index contributed by atoms with van der Waals surface area (Å²) in [6.45, 7) is 3.02. The summed E-state index contributed by atoms with van der Waals surface area (Å²) >= 11 is 7.57. The van der Waals surface area contributed by atoms with E-state index in [0.717, 1.165) is 4.90 Å². The number of halogens is 1. The second-order valence-corrected chi connectivity index (χ2v) is 6.46. The van der Waals surface area contributed by atoms with Crippen molar-refractivity contribution in [1.29, 1.82) is 0 Å². The molecule has 3 amide bonds. The van der Waals surface area contributed by atoms with Gasteiger partial charge in [-0.05, 0) is 38.3 Å². The second-order valence-electron chi connectivity index (χ2n) is 5.17. The molecule has 1 saturated heterocycles. The van der Waals surface area contributed by atoms with Crippen LogP contribution in [-0.4, -0.2) is 41.0 Å². The molecule has 5 nitrogen and oxygen atoms in total. The van der Waals surface area contributed by atoms with Gasteiger partial charge in [-0.1, -0.05) is 11.6 Å². The summed E-state index contributed by atoms with van der Waals surface area (Å²) < 4.78 is 0. The molecule has 1 fully saturated rings. The van der Waals surface area contributed by atoms with Crippen molar-refractivity contribution >= 4 is 41.1 Å². The zero-order valence-corrected chi connectivity index (χ0v) is 13.5. The third kappa shape index (κ3) is 2.91. The van der Waals surface area contributed by atoms with Gasteiger partial charge in [-0.25, -0.2) is 0 Å². The third-order valence-corrected chi connectivity index (χ3v) is 4.49. The molecule has 2 rings (SSSR count). The van der Waals surface area contributed by atoms with Gasteiger partial charge in [0.15, 0.2) is 0 Å². The van der Waals surface area contributed by atoms with Gasteiger partial charge >= 0.3 is 0 Å². The molecule has 0 spiro atoms. The number of benzene rings is 1. The first-order valence-corrected chi connectivity index (χ1v) is 7.87. The Kier molecular flexibility index (Phi) is 4.30. The summed E-state index contributed by atoms with van der Waals surface area (Å²) in [5, 5.41) is 2.53. The molecule has 7 heteroatoms. The molecule has 1 aromatic rings. The molecule has 1 N–H and O–H groups in total. The smallest absolute Gasteiger partial charge is 0.256 e. The van der Waals surface area contributed by atoms with E-state index >= 15 is 0 Å². The van der Waals surface area contributed by atoms with Gasteiger partial charge < -0.3 is 4.90 Å². The zero-order valence-electron chi connectivity index (χ0n) is 11.9. The van der Waals surface area contributed by atoms with Crippen molar-refractivity contribution in [3.8, 4) is 0 Å². The number of carbonyl (C=O) groups excluding carboxylic acids is 3. The van der Waals surface area contributed by atoms with Crippen LogP contribution >= 0.6 is 23.4 Å². The lowest BCUT2D eigenvalue weighted by Crippen LogP contribution is -2.65. The van der Waals surface area contributed by atoms with E-state index in [1.54, 1.807) is 26.0 Å². The van der Waals surface area contributed by atoms with Crippen LogP contribution in [0.4, 0.5) is 0 Å². The number of piperazine rings is 1. The van der Waals surface area contributed by atoms with E-state index in [0.29, 0.717) is 10.6 Å². The Hall–Kier alpha value is -1.53. The van der Waals surface area contributed by atoms with Gasteiger partial charge in [0.1, 0.15) is 12.1 Å². The lowest BCUT2D eigenvalue weighted by Gasteiger charge is -2.40. The van der Waals surface area contributed by atoms with Crippen LogP contribution in [0.15, 0.2) is 23.1 Å². The molecule has 1 heterocycles. The fraction of sp³-hybridized carbons (Fsp3) is 0.357. The first-order valence-electron chi connectivity index (χ1n) is 6.27. The Labute approximate surface area is 132 Å². The van der Waals surface area contributed by atoms with Gasteiger partial charge in [-0.15, -0.1) is 11.8 Å². The van der Waals surface area contributed by atoms with Crippen LogP contribution < -0.4 is 5.32 Å². The summed E-state index contributed by atoms with van der Waals surface area (Å²) in [6, 6.07) is 5.12. The average molecular weight is 327 g/mol. The van der Waals surface area contributed by atoms with Crippen molar-refractivity contribution in [3.05, 3.63) is 28.8 Å². The Bertz CT molecular complexity index is 631. The first kappa shape index (κ1) is 15.9. The maximum atomic E-state index is 12.7. The molecule has 1 aromatic carbocycles. The highest BCUT2D eigenvalue weighted by molar-refractivity contribution is 7.98. The number of carbonyl (C=O) groups is 3. The van der Waals surface area contributed by atoms with Crippen molar-refractivity contribution in [1.82, 2.24) is 10.2 Å². The average Bonchev–Trinajstić information content (AvgIpc) is 2.43. The molecular formula is C14H15ClN2O3S. The fourth-order valence-electron chi connectivity index (χ4n) is 2.05. The molecule has 0 radical (unpaired) electrons. The standard InChI is InChI=1S/C14H15ClN2O3S/c1-14(2)13(20)16-11(18)7-17(14)12(19)9-6-8(21-3)4-5-10(9)15/h4-6H,7H2,1-3H3,(H,16,18,20). The van der Waals surface area contributed by atoms with Crippen LogP contribution in [0.1, 0.15) is 24.2 Å². The van der Waals surface area contributed by atoms with E-state index in [-0.39, 0.29) is 6.54 Å². The topological polar surface area (TPSA) is 66.5 Å². The molecule has 0 aliphatic carbocycles. The predicted molar refractivity (Wildman–Crippen MR) is 81.5 cm³/mol. The van der Waals surface area contributed by atoms with Crippen LogP contribution in [-0.2, 0) is 9.59 Å². The highest BCUT2D eigenvalue weighted by atomic mass is 35.5. The molecule has 1 aliphatic heterocycles. The molecule has 0 aromatic heterocycles. The molecule has 0 bridgehead atoms. The van der Waals surface area contributed by atoms with Crippen LogP contribution in [0.2, 0.25) is 5.02 Å². The van der Waals surface area contributed by atoms with Crippen molar-refractivity contribution in [2.45, 2.75) is 24.3 Å². The molecule has 0 unspecified atom stereocenters. The van der Waals surface area contributed by atoms with Gasteiger partial charge in [0, 0.05) is 4.90 Å². The fourth-order valence-corrected chi connectivity index (χ4v) is 2.69. The van der Waals surface area contributed by atoms with Crippen molar-refractivity contribution < 1.29 is 14.4 Å². The number of rotatable bonds is 2. The molecule has 112 valence electrons. The van der Waals surface area contributed by atoms with Crippen LogP contribution in [0, 0.1) is 0 Å². The van der Waals surface area contributed by atoms with E-state index in [1.807, 2.05) is 12.3 Å². The minimum absolute atomic E-state index is 0.169. The van der Waals surface area contributed by atoms with Crippen molar-refractivity contribution in [2.75, 3.05) is 12.8 Å². The summed E-state index contributed by atoms with van der Waals surface area (Å²) in [5.41, 5.74) is -0.817. The maximum Gasteiger partial charge on any atom is 0.256 e. The lowest BCUT2D eigenvalue weighted by atomic mass is 9.97. The van der Waals surface area contributed by atoms with Gasteiger partial charge in [0.05, 0.1) is 10.6 Å². The maximum absolute atomic E-state index is 12.7. The van der Waals surface area contributed by atoms with Gasteiger partial charge in [0.2, 0.25) is 5.91 Å². The number of imide groups is 1. The summed E-state index contributed by atoms with van der Waals surface area (Å²) in [6.07, 6.45) is 1.89. The van der Waals surface area contributed by atoms with E-state index in [4.69, 9.17) is 11.6 Å². The number of hydrogen-bond acceptors (Lipinski definition) is 4. The summed E-state index contributed by atoms with van der Waals surface area (Å²) in [7, 11) is 0. The van der Waals surface area contributed by atoms with E-state index < -0.39 is 23.3 Å². The van der Waals surface area contributed by atoms with E-state index in [1.165, 1.54) is 16.7 Å². The van der Waals surface area contributed by atoms with Gasteiger partial charge in [-0.2, -0.15) is 0 Å². The van der Waals surface area contributed by atoms with Crippen molar-refractivity contribution in [2.24, 2.45) is 0 Å². The largest absolute Gasteiger partial charge is 0.315 e. The minimum Gasteiger partial charge on any atom is -0.315 e. The number of nitrogens with zero attached hydrogens (tertiary/aromatic N) is 1. The molecule has 1 aliphatic rings. The van der Waals surface area contributed by atoms with E-state index in [9.17, 15) is 14.4 Å². The van der Waals surface area contributed by atoms with Gasteiger partial charge in [0.25, 0.3) is 11.8 Å². The van der Waals surface area contributed by atoms with Crippen molar-refractivity contribution in [3.63, 3.8) is 0 Å². The predicted octanol–water partition coefficient (Wildman–Crippen LogP) is 1.94. The first-order chi connectivity index (χ1) is 9.77. The van der Waals surface area contributed by atoms with Crippen LogP contribution in [0.25, 0.3) is 0 Å². The Morgan fingerprint density at radius 1 is 1.38 bits per heavy atom. The highest BCUT2D eigenvalue weighted by Gasteiger charge is 2.44. The van der Waals surface area contributed by atoms with Crippen LogP contribution in [0.3, 0.4) is 0 Å². The highest BCUT2D eigenvalue weighted by Crippen LogP contribution is 2.27. The van der Waals surface area contributed by atoms with E-state index in [2.05, 4.69) is 5.32 Å². The Balaban J connectivity index is 2.43. The number of nitrogens with one attached hydrogen (secondary N) is 1. The SMILES string of the molecule is CSc1ccc(Cl)c(C(=O)N2CC(=O)NC(=O)C2(C)C)c1. The quantitative estimate of drug-likeness (QED) is 0.666. The number of amides is 3. The molecule has 21 heavy (non-hydrogen) atoms. The minimum atomic E-state index is -1.11. The molecule has 0 saturated carbocycles. The summed E-state index contributed by atoms with van der Waals surface area (Å²) in [5.74, 6) is -1.42. The number of thioether (sulfide) groups is 1. The zero-order chi connectivity index (χ0) is 15.8. The molecular weight excluding hydrogens is 312 g/mol. The normalized spacial score (nSPS) is 17.6. The monoisotopic (exact) mass is 326 g/mol. The Morgan fingerprint density at radius 2 is 2.05 bits per heavy atom. The van der Waals surface area contributed by atoms with Crippen LogP contribution in [0.5, 0.6) is 0 Å². The summed E-state index contributed by atoms with van der Waals surface area (Å²) in [4.78, 5) is 38.3. The third-order valence-electron chi connectivity index (χ3n) is 3.43. The molecule has 0 atom stereocenters. The second kappa shape index (κ2) is 5.69. The lowest BCUT2D eigenvalue weighted by molar-refractivity contribution is -0.143. The number of hydrogen-bond donors (Lipinski definition) is 1.